The molecule has 1 atom stereocenters. The number of benzene rings is 4. The summed E-state index contributed by atoms with van der Waals surface area (Å²) in [5.41, 5.74) is 6.80. The van der Waals surface area contributed by atoms with Crippen molar-refractivity contribution >= 4 is 33.9 Å². The summed E-state index contributed by atoms with van der Waals surface area (Å²) < 4.78 is 2.32. The van der Waals surface area contributed by atoms with Crippen molar-refractivity contribution in [2.45, 2.75) is 32.6 Å². The van der Waals surface area contributed by atoms with Gasteiger partial charge in [0.05, 0.1) is 5.41 Å². The Morgan fingerprint density at radius 3 is 2.31 bits per heavy atom. The average Bonchev–Trinajstić information content (AvgIpc) is 3.11. The van der Waals surface area contributed by atoms with Gasteiger partial charge in [0.15, 0.2) is 5.71 Å². The van der Waals surface area contributed by atoms with E-state index in [4.69, 9.17) is 0 Å². The Balaban J connectivity index is 1.61. The molecular formula is C33H35N2O+. The molecule has 4 aromatic rings. The molecule has 1 N–H and O–H groups in total. The van der Waals surface area contributed by atoms with Gasteiger partial charge in [0.1, 0.15) is 12.8 Å². The molecule has 0 fully saturated rings. The molecule has 0 amide bonds. The zero-order chi connectivity index (χ0) is 25.3. The lowest BCUT2D eigenvalue weighted by Crippen LogP contribution is -2.33. The summed E-state index contributed by atoms with van der Waals surface area (Å²) in [5.74, 6) is 0.310. The van der Waals surface area contributed by atoms with Gasteiger partial charge in [-0.05, 0) is 67.8 Å². The molecule has 0 aliphatic carbocycles. The number of aromatic hydroxyl groups is 1. The predicted molar refractivity (Wildman–Crippen MR) is 153 cm³/mol. The number of phenols is 1. The zero-order valence-electron chi connectivity index (χ0n) is 21.7. The molecule has 1 heterocycles. The van der Waals surface area contributed by atoms with Crippen molar-refractivity contribution in [3.63, 3.8) is 0 Å². The van der Waals surface area contributed by atoms with Gasteiger partial charge in [0.25, 0.3) is 0 Å². The van der Waals surface area contributed by atoms with Crippen molar-refractivity contribution in [1.29, 1.82) is 0 Å². The summed E-state index contributed by atoms with van der Waals surface area (Å²) in [6, 6.07) is 29.9. The maximum atomic E-state index is 10.9. The first-order valence-electron chi connectivity index (χ1n) is 12.9. The Labute approximate surface area is 214 Å². The van der Waals surface area contributed by atoms with Crippen LogP contribution in [-0.4, -0.2) is 35.5 Å². The molecule has 0 bridgehead atoms. The SMILES string of the molecule is CCN(CC)c1ccc(C=CC2=[N+](C)c3ccc4ccccc4c3C2(C)Cc2ccccc2)c(O)c1. The van der Waals surface area contributed by atoms with Crippen LogP contribution in [0.2, 0.25) is 0 Å². The van der Waals surface area contributed by atoms with Gasteiger partial charge in [-0.15, -0.1) is 0 Å². The molecule has 36 heavy (non-hydrogen) atoms. The number of hydrogen-bond acceptors (Lipinski definition) is 2. The molecular weight excluding hydrogens is 440 g/mol. The Hall–Kier alpha value is -3.85. The van der Waals surface area contributed by atoms with Crippen LogP contribution in [0.4, 0.5) is 11.4 Å². The summed E-state index contributed by atoms with van der Waals surface area (Å²) in [6.07, 6.45) is 5.15. The van der Waals surface area contributed by atoms with Crippen LogP contribution >= 0.6 is 0 Å². The Bertz CT molecular complexity index is 1460. The van der Waals surface area contributed by atoms with Gasteiger partial charge in [0, 0.05) is 48.1 Å². The van der Waals surface area contributed by atoms with Gasteiger partial charge in [-0.2, -0.15) is 4.58 Å². The number of phenolic OH excluding ortho intramolecular Hbond substituents is 1. The van der Waals surface area contributed by atoms with E-state index in [2.05, 4.69) is 122 Å². The fourth-order valence-corrected chi connectivity index (χ4v) is 5.85. The summed E-state index contributed by atoms with van der Waals surface area (Å²) in [7, 11) is 2.16. The third kappa shape index (κ3) is 4.09. The normalized spacial score (nSPS) is 17.2. The van der Waals surface area contributed by atoms with E-state index in [-0.39, 0.29) is 5.41 Å². The largest absolute Gasteiger partial charge is 0.507 e. The predicted octanol–water partition coefficient (Wildman–Crippen LogP) is 7.33. The molecule has 1 aliphatic heterocycles. The van der Waals surface area contributed by atoms with Gasteiger partial charge in [-0.25, -0.2) is 0 Å². The first-order valence-corrected chi connectivity index (χ1v) is 12.9. The number of rotatable bonds is 7. The zero-order valence-corrected chi connectivity index (χ0v) is 21.7. The Kier molecular flexibility index (Phi) is 6.40. The van der Waals surface area contributed by atoms with E-state index in [1.165, 1.54) is 33.3 Å². The molecule has 5 rings (SSSR count). The third-order valence-corrected chi connectivity index (χ3v) is 7.71. The minimum Gasteiger partial charge on any atom is -0.507 e. The highest BCUT2D eigenvalue weighted by atomic mass is 16.3. The van der Waals surface area contributed by atoms with Crippen molar-refractivity contribution < 1.29 is 9.68 Å². The number of fused-ring (bicyclic) bond motifs is 3. The first-order chi connectivity index (χ1) is 17.5. The lowest BCUT2D eigenvalue weighted by Gasteiger charge is -2.24. The summed E-state index contributed by atoms with van der Waals surface area (Å²) in [5, 5.41) is 13.4. The maximum absolute atomic E-state index is 10.9. The smallest absolute Gasteiger partial charge is 0.210 e. The third-order valence-electron chi connectivity index (χ3n) is 7.71. The van der Waals surface area contributed by atoms with Gasteiger partial charge in [0.2, 0.25) is 5.69 Å². The van der Waals surface area contributed by atoms with Gasteiger partial charge in [-0.3, -0.25) is 0 Å². The van der Waals surface area contributed by atoms with E-state index >= 15 is 0 Å². The van der Waals surface area contributed by atoms with Crippen LogP contribution in [0.1, 0.15) is 37.5 Å². The lowest BCUT2D eigenvalue weighted by atomic mass is 9.73. The van der Waals surface area contributed by atoms with Crippen LogP contribution in [0, 0.1) is 0 Å². The van der Waals surface area contributed by atoms with Crippen LogP contribution in [0.5, 0.6) is 5.75 Å². The quantitative estimate of drug-likeness (QED) is 0.283. The second-order valence-corrected chi connectivity index (χ2v) is 9.87. The number of nitrogens with zero attached hydrogens (tertiary/aromatic N) is 2. The van der Waals surface area contributed by atoms with Crippen LogP contribution in [0.25, 0.3) is 16.8 Å². The highest BCUT2D eigenvalue weighted by molar-refractivity contribution is 6.09. The summed E-state index contributed by atoms with van der Waals surface area (Å²) in [6.45, 7) is 8.46. The minimum absolute atomic E-state index is 0.223. The fourth-order valence-electron chi connectivity index (χ4n) is 5.85. The summed E-state index contributed by atoms with van der Waals surface area (Å²) >= 11 is 0. The van der Waals surface area contributed by atoms with Gasteiger partial charge >= 0.3 is 0 Å². The van der Waals surface area contributed by atoms with Crippen LogP contribution in [-0.2, 0) is 11.8 Å². The second-order valence-electron chi connectivity index (χ2n) is 9.87. The van der Waals surface area contributed by atoms with E-state index < -0.39 is 0 Å². The molecule has 0 aromatic heterocycles. The van der Waals surface area contributed by atoms with E-state index in [1.807, 2.05) is 12.1 Å². The standard InChI is InChI=1S/C33H34N2O/c1-5-35(6-2)27-19-16-26(30(36)22-27)18-21-31-33(3,23-24-12-8-7-9-13-24)32-28-15-11-10-14-25(28)17-20-29(32)34(31)4/h7-22H,5-6,23H2,1-4H3/p+1. The monoisotopic (exact) mass is 475 g/mol. The van der Waals surface area contributed by atoms with Crippen molar-refractivity contribution in [1.82, 2.24) is 0 Å². The molecule has 182 valence electrons. The lowest BCUT2D eigenvalue weighted by molar-refractivity contribution is -0.401. The highest BCUT2D eigenvalue weighted by Gasteiger charge is 2.47. The molecule has 4 aromatic carbocycles. The van der Waals surface area contributed by atoms with E-state index in [9.17, 15) is 5.11 Å². The number of allylic oxidation sites excluding steroid dienone is 1. The molecule has 0 spiro atoms. The van der Waals surface area contributed by atoms with Crippen molar-refractivity contribution in [2.75, 3.05) is 25.0 Å². The molecule has 3 heteroatoms. The topological polar surface area (TPSA) is 26.5 Å². The van der Waals surface area contributed by atoms with Crippen LogP contribution in [0.15, 0.2) is 91.0 Å². The van der Waals surface area contributed by atoms with Crippen molar-refractivity contribution in [3.05, 3.63) is 108 Å². The average molecular weight is 476 g/mol. The van der Waals surface area contributed by atoms with Crippen LogP contribution in [0.3, 0.4) is 0 Å². The molecule has 1 unspecified atom stereocenters. The molecule has 0 saturated heterocycles. The second kappa shape index (κ2) is 9.66. The molecule has 1 aliphatic rings. The fraction of sp³-hybridized carbons (Fsp3) is 0.242. The summed E-state index contributed by atoms with van der Waals surface area (Å²) in [4.78, 5) is 2.24. The molecule has 0 radical (unpaired) electrons. The van der Waals surface area contributed by atoms with Crippen molar-refractivity contribution in [2.24, 2.45) is 0 Å². The van der Waals surface area contributed by atoms with Crippen LogP contribution < -0.4 is 4.90 Å². The van der Waals surface area contributed by atoms with E-state index in [0.717, 1.165) is 30.8 Å². The highest BCUT2D eigenvalue weighted by Crippen LogP contribution is 2.46. The number of anilines is 1. The Morgan fingerprint density at radius 2 is 1.58 bits per heavy atom. The van der Waals surface area contributed by atoms with Gasteiger partial charge < -0.3 is 10.0 Å². The van der Waals surface area contributed by atoms with Gasteiger partial charge in [-0.1, -0.05) is 54.6 Å². The van der Waals surface area contributed by atoms with E-state index in [0.29, 0.717) is 5.75 Å². The Morgan fingerprint density at radius 1 is 0.861 bits per heavy atom. The molecule has 3 nitrogen and oxygen atoms in total. The van der Waals surface area contributed by atoms with Crippen molar-refractivity contribution in [3.8, 4) is 5.75 Å². The first kappa shape index (κ1) is 23.9. The maximum Gasteiger partial charge on any atom is 0.210 e. The minimum atomic E-state index is -0.223. The van der Waals surface area contributed by atoms with E-state index in [1.54, 1.807) is 0 Å². The molecule has 0 saturated carbocycles. The number of hydrogen-bond donors (Lipinski definition) is 1.